The predicted molar refractivity (Wildman–Crippen MR) is 112 cm³/mol. The summed E-state index contributed by atoms with van der Waals surface area (Å²) in [5.74, 6) is 6.63. The van der Waals surface area contributed by atoms with Crippen molar-refractivity contribution < 1.29 is 9.59 Å². The van der Waals surface area contributed by atoms with Gasteiger partial charge in [-0.2, -0.15) is 0 Å². The van der Waals surface area contributed by atoms with Crippen LogP contribution in [0.3, 0.4) is 0 Å². The third kappa shape index (κ3) is 5.25. The molecule has 0 unspecified atom stereocenters. The third-order valence-electron chi connectivity index (χ3n) is 4.13. The van der Waals surface area contributed by atoms with Crippen LogP contribution in [-0.4, -0.2) is 50.4 Å². The van der Waals surface area contributed by atoms with E-state index in [0.29, 0.717) is 35.3 Å². The van der Waals surface area contributed by atoms with Crippen LogP contribution in [0.4, 0.5) is 5.69 Å². The molecule has 1 aromatic carbocycles. The molecule has 0 spiro atoms. The van der Waals surface area contributed by atoms with Gasteiger partial charge in [-0.1, -0.05) is 32.5 Å². The molecule has 0 fully saturated rings. The van der Waals surface area contributed by atoms with Crippen LogP contribution in [0.5, 0.6) is 0 Å². The average molecular weight is 405 g/mol. The number of rotatable bonds is 7. The Morgan fingerprint density at radius 2 is 1.75 bits per heavy atom. The molecule has 0 saturated heterocycles. The molecule has 0 radical (unpaired) electrons. The second kappa shape index (κ2) is 9.09. The van der Waals surface area contributed by atoms with E-state index in [4.69, 9.17) is 5.84 Å². The lowest BCUT2D eigenvalue weighted by Crippen LogP contribution is -2.30. The number of nitrogen functional groups attached to an aromatic ring is 1. The van der Waals surface area contributed by atoms with Crippen molar-refractivity contribution in [3.8, 4) is 0 Å². The highest BCUT2D eigenvalue weighted by Gasteiger charge is 2.23. The van der Waals surface area contributed by atoms with E-state index < -0.39 is 0 Å². The zero-order chi connectivity index (χ0) is 20.9. The minimum Gasteiger partial charge on any atom is -0.339 e. The second-order valence-electron chi connectivity index (χ2n) is 7.32. The number of nitrogens with two attached hydrogens (primary N) is 1. The molecule has 152 valence electrons. The van der Waals surface area contributed by atoms with Crippen LogP contribution in [0, 0.1) is 0 Å². The monoisotopic (exact) mass is 404 g/mol. The Labute approximate surface area is 169 Å². The summed E-state index contributed by atoms with van der Waals surface area (Å²) in [6.07, 6.45) is 0. The van der Waals surface area contributed by atoms with Crippen molar-refractivity contribution in [2.45, 2.75) is 45.2 Å². The van der Waals surface area contributed by atoms with Gasteiger partial charge in [0.25, 0.3) is 5.91 Å². The number of hydrogen-bond acceptors (Lipinski definition) is 6. The van der Waals surface area contributed by atoms with Crippen LogP contribution in [0.15, 0.2) is 29.4 Å². The fraction of sp³-hybridized carbons (Fsp3) is 0.474. The minimum atomic E-state index is -0.229. The highest BCUT2D eigenvalue weighted by molar-refractivity contribution is 7.99. The molecule has 2 rings (SSSR count). The first-order valence-corrected chi connectivity index (χ1v) is 10.2. The van der Waals surface area contributed by atoms with Gasteiger partial charge in [0.05, 0.1) is 5.75 Å². The van der Waals surface area contributed by atoms with Crippen LogP contribution in [0.25, 0.3) is 0 Å². The normalized spacial score (nSPS) is 11.3. The van der Waals surface area contributed by atoms with Gasteiger partial charge in [-0.05, 0) is 38.1 Å². The lowest BCUT2D eigenvalue weighted by molar-refractivity contribution is -0.113. The summed E-state index contributed by atoms with van der Waals surface area (Å²) in [5.41, 5.74) is 1.00. The number of hydrogen-bond donors (Lipinski definition) is 2. The SMILES string of the molecule is CCN(CC)C(=O)c1ccc(NC(=O)CSc2nnc(C(C)(C)C)n2N)cc1. The second-order valence-corrected chi connectivity index (χ2v) is 8.26. The van der Waals surface area contributed by atoms with Crippen LogP contribution in [0.1, 0.15) is 50.8 Å². The summed E-state index contributed by atoms with van der Waals surface area (Å²) in [6, 6.07) is 6.88. The number of thioether (sulfide) groups is 1. The van der Waals surface area contributed by atoms with Gasteiger partial charge in [-0.3, -0.25) is 9.59 Å². The van der Waals surface area contributed by atoms with Gasteiger partial charge in [0.1, 0.15) is 0 Å². The summed E-state index contributed by atoms with van der Waals surface area (Å²) in [4.78, 5) is 26.3. The van der Waals surface area contributed by atoms with Gasteiger partial charge in [0.2, 0.25) is 11.1 Å². The van der Waals surface area contributed by atoms with Crippen molar-refractivity contribution in [1.82, 2.24) is 19.8 Å². The molecule has 2 amide bonds. The number of benzene rings is 1. The molecular weight excluding hydrogens is 376 g/mol. The number of carbonyl (C=O) groups is 2. The number of aromatic nitrogens is 3. The minimum absolute atomic E-state index is 0.0182. The Bertz CT molecular complexity index is 822. The Hall–Kier alpha value is -2.55. The molecule has 2 aromatic rings. The van der Waals surface area contributed by atoms with Crippen molar-refractivity contribution in [3.05, 3.63) is 35.7 Å². The van der Waals surface area contributed by atoms with Crippen LogP contribution in [0.2, 0.25) is 0 Å². The summed E-state index contributed by atoms with van der Waals surface area (Å²) >= 11 is 1.22. The van der Waals surface area contributed by atoms with Crippen LogP contribution >= 0.6 is 11.8 Å². The number of anilines is 1. The van der Waals surface area contributed by atoms with Crippen molar-refractivity contribution >= 4 is 29.3 Å². The van der Waals surface area contributed by atoms with Crippen molar-refractivity contribution in [2.24, 2.45) is 0 Å². The molecule has 1 heterocycles. The molecule has 0 atom stereocenters. The van der Waals surface area contributed by atoms with Gasteiger partial charge < -0.3 is 16.1 Å². The first kappa shape index (κ1) is 21.7. The van der Waals surface area contributed by atoms with E-state index in [0.717, 1.165) is 0 Å². The highest BCUT2D eigenvalue weighted by Crippen LogP contribution is 2.23. The van der Waals surface area contributed by atoms with E-state index in [2.05, 4.69) is 15.5 Å². The molecule has 0 aliphatic carbocycles. The van der Waals surface area contributed by atoms with E-state index in [9.17, 15) is 9.59 Å². The summed E-state index contributed by atoms with van der Waals surface area (Å²) < 4.78 is 1.42. The molecular formula is C19H28N6O2S. The largest absolute Gasteiger partial charge is 0.339 e. The van der Waals surface area contributed by atoms with E-state index in [1.807, 2.05) is 34.6 Å². The Kier molecular flexibility index (Phi) is 7.06. The van der Waals surface area contributed by atoms with Gasteiger partial charge in [-0.25, -0.2) is 4.68 Å². The number of nitrogens with zero attached hydrogens (tertiary/aromatic N) is 4. The molecule has 8 nitrogen and oxygen atoms in total. The van der Waals surface area contributed by atoms with E-state index in [1.54, 1.807) is 29.2 Å². The fourth-order valence-corrected chi connectivity index (χ4v) is 3.26. The number of carbonyl (C=O) groups excluding carboxylic acids is 2. The molecule has 28 heavy (non-hydrogen) atoms. The quantitative estimate of drug-likeness (QED) is 0.542. The Morgan fingerprint density at radius 3 is 2.25 bits per heavy atom. The maximum Gasteiger partial charge on any atom is 0.253 e. The van der Waals surface area contributed by atoms with E-state index >= 15 is 0 Å². The summed E-state index contributed by atoms with van der Waals surface area (Å²) in [7, 11) is 0. The molecule has 1 aromatic heterocycles. The van der Waals surface area contributed by atoms with Gasteiger partial charge in [0.15, 0.2) is 5.82 Å². The number of amides is 2. The van der Waals surface area contributed by atoms with Crippen molar-refractivity contribution in [3.63, 3.8) is 0 Å². The highest BCUT2D eigenvalue weighted by atomic mass is 32.2. The van der Waals surface area contributed by atoms with Gasteiger partial charge >= 0.3 is 0 Å². The standard InChI is InChI=1S/C19H28N6O2S/c1-6-24(7-2)16(27)13-8-10-14(11-9-13)21-15(26)12-28-18-23-22-17(25(18)20)19(3,4)5/h8-11H,6-7,12,20H2,1-5H3,(H,21,26). The molecule has 0 bridgehead atoms. The molecule has 0 aliphatic heterocycles. The van der Waals surface area contributed by atoms with E-state index in [-0.39, 0.29) is 23.0 Å². The van der Waals surface area contributed by atoms with Crippen molar-refractivity contribution in [1.29, 1.82) is 0 Å². The smallest absolute Gasteiger partial charge is 0.253 e. The van der Waals surface area contributed by atoms with Crippen LogP contribution in [-0.2, 0) is 10.2 Å². The fourth-order valence-electron chi connectivity index (χ4n) is 2.60. The van der Waals surface area contributed by atoms with Crippen LogP contribution < -0.4 is 11.2 Å². The predicted octanol–water partition coefficient (Wildman–Crippen LogP) is 2.50. The van der Waals surface area contributed by atoms with Crippen molar-refractivity contribution in [2.75, 3.05) is 30.0 Å². The third-order valence-corrected chi connectivity index (χ3v) is 5.08. The zero-order valence-electron chi connectivity index (χ0n) is 17.0. The Morgan fingerprint density at radius 1 is 1.14 bits per heavy atom. The maximum atomic E-state index is 12.3. The summed E-state index contributed by atoms with van der Waals surface area (Å²) in [6.45, 7) is 11.2. The first-order valence-electron chi connectivity index (χ1n) is 9.20. The lowest BCUT2D eigenvalue weighted by Gasteiger charge is -2.18. The molecule has 0 saturated carbocycles. The average Bonchev–Trinajstić information content (AvgIpc) is 3.02. The first-order chi connectivity index (χ1) is 13.2. The molecule has 0 aliphatic rings. The Balaban J connectivity index is 1.93. The molecule has 3 N–H and O–H groups in total. The van der Waals surface area contributed by atoms with Gasteiger partial charge in [-0.15, -0.1) is 10.2 Å². The van der Waals surface area contributed by atoms with E-state index in [1.165, 1.54) is 16.4 Å². The molecule has 9 heteroatoms. The summed E-state index contributed by atoms with van der Waals surface area (Å²) in [5, 5.41) is 11.5. The topological polar surface area (TPSA) is 106 Å². The number of nitrogens with one attached hydrogen (secondary N) is 1. The lowest BCUT2D eigenvalue weighted by atomic mass is 9.96. The maximum absolute atomic E-state index is 12.3. The van der Waals surface area contributed by atoms with Gasteiger partial charge in [0, 0.05) is 29.8 Å². The zero-order valence-corrected chi connectivity index (χ0v) is 17.8.